The highest BCUT2D eigenvalue weighted by Gasteiger charge is 2.48. The van der Waals surface area contributed by atoms with E-state index in [9.17, 15) is 13.2 Å². The average Bonchev–Trinajstić information content (AvgIpc) is 2.07. The van der Waals surface area contributed by atoms with Gasteiger partial charge in [-0.15, -0.1) is 0 Å². The van der Waals surface area contributed by atoms with E-state index in [1.165, 1.54) is 12.1 Å². The first-order valence-electron chi connectivity index (χ1n) is 3.68. The van der Waals surface area contributed by atoms with Gasteiger partial charge in [-0.2, -0.15) is 13.2 Å². The fraction of sp³-hybridized carbons (Fsp3) is 0.222. The molecule has 14 heavy (non-hydrogen) atoms. The van der Waals surface area contributed by atoms with E-state index in [1.807, 2.05) is 0 Å². The molecule has 5 heteroatoms. The molecule has 1 aromatic rings. The van der Waals surface area contributed by atoms with Gasteiger partial charge < -0.3 is 5.11 Å². The van der Waals surface area contributed by atoms with Gasteiger partial charge >= 0.3 is 12.2 Å². The number of halogens is 3. The van der Waals surface area contributed by atoms with E-state index in [1.54, 1.807) is 0 Å². The van der Waals surface area contributed by atoms with Crippen molar-refractivity contribution in [3.05, 3.63) is 41.2 Å². The number of phenols is 1. The van der Waals surface area contributed by atoms with Crippen LogP contribution in [0.4, 0.5) is 13.2 Å². The molecule has 0 saturated heterocycles. The van der Waals surface area contributed by atoms with E-state index in [-0.39, 0.29) is 0 Å². The predicted molar refractivity (Wildman–Crippen MR) is 43.5 cm³/mol. The Labute approximate surface area is 78.4 Å². The highest BCUT2D eigenvalue weighted by Crippen LogP contribution is 2.39. The van der Waals surface area contributed by atoms with Gasteiger partial charge in [-0.3, -0.25) is 4.85 Å². The standard InChI is InChI=1S/C9H6F3NO/c1-13-8(9(10,11)12)6-4-2-3-5-7(6)14/h2-5,8,14H. The van der Waals surface area contributed by atoms with Gasteiger partial charge in [-0.25, -0.2) is 6.57 Å². The topological polar surface area (TPSA) is 24.6 Å². The van der Waals surface area contributed by atoms with Gasteiger partial charge in [0.2, 0.25) is 0 Å². The lowest BCUT2D eigenvalue weighted by molar-refractivity contribution is -0.140. The molecule has 0 aliphatic carbocycles. The summed E-state index contributed by atoms with van der Waals surface area (Å²) in [6.07, 6.45) is -4.65. The molecule has 0 heterocycles. The maximum atomic E-state index is 12.3. The van der Waals surface area contributed by atoms with Crippen molar-refractivity contribution >= 4 is 0 Å². The van der Waals surface area contributed by atoms with Crippen molar-refractivity contribution in [2.45, 2.75) is 12.2 Å². The third kappa shape index (κ3) is 1.96. The quantitative estimate of drug-likeness (QED) is 0.694. The van der Waals surface area contributed by atoms with Crippen LogP contribution in [0.25, 0.3) is 4.85 Å². The van der Waals surface area contributed by atoms with Crippen molar-refractivity contribution in [1.82, 2.24) is 0 Å². The minimum atomic E-state index is -4.65. The van der Waals surface area contributed by atoms with E-state index in [0.717, 1.165) is 12.1 Å². The van der Waals surface area contributed by atoms with Crippen LogP contribution in [0, 0.1) is 6.57 Å². The Kier molecular flexibility index (Phi) is 2.65. The van der Waals surface area contributed by atoms with Crippen LogP contribution in [-0.4, -0.2) is 11.3 Å². The van der Waals surface area contributed by atoms with Crippen LogP contribution < -0.4 is 0 Å². The SMILES string of the molecule is [C-]#[N+]C(c1ccccc1O)C(F)(F)F. The second kappa shape index (κ2) is 3.58. The lowest BCUT2D eigenvalue weighted by Crippen LogP contribution is -2.17. The van der Waals surface area contributed by atoms with E-state index < -0.39 is 23.5 Å². The minimum Gasteiger partial charge on any atom is -0.507 e. The van der Waals surface area contributed by atoms with Crippen molar-refractivity contribution < 1.29 is 18.3 Å². The number of alkyl halides is 3. The lowest BCUT2D eigenvalue weighted by Gasteiger charge is -2.10. The first-order valence-corrected chi connectivity index (χ1v) is 3.68. The molecule has 0 amide bonds. The molecule has 0 aliphatic heterocycles. The monoisotopic (exact) mass is 201 g/mol. The molecule has 0 radical (unpaired) electrons. The van der Waals surface area contributed by atoms with Crippen LogP contribution in [0.3, 0.4) is 0 Å². The van der Waals surface area contributed by atoms with Crippen LogP contribution in [0.5, 0.6) is 5.75 Å². The maximum Gasteiger partial charge on any atom is 0.470 e. The number of para-hydroxylation sites is 1. The number of hydrogen-bond acceptors (Lipinski definition) is 1. The van der Waals surface area contributed by atoms with E-state index >= 15 is 0 Å². The Morgan fingerprint density at radius 1 is 1.29 bits per heavy atom. The van der Waals surface area contributed by atoms with E-state index in [0.29, 0.717) is 0 Å². The summed E-state index contributed by atoms with van der Waals surface area (Å²) in [7, 11) is 0. The van der Waals surface area contributed by atoms with Crippen molar-refractivity contribution in [2.75, 3.05) is 0 Å². The number of aromatic hydroxyl groups is 1. The molecule has 1 N–H and O–H groups in total. The summed E-state index contributed by atoms with van der Waals surface area (Å²) < 4.78 is 36.8. The number of phenolic OH excluding ortho intramolecular Hbond substituents is 1. The highest BCUT2D eigenvalue weighted by molar-refractivity contribution is 5.36. The number of benzene rings is 1. The molecule has 74 valence electrons. The highest BCUT2D eigenvalue weighted by atomic mass is 19.4. The first-order chi connectivity index (χ1) is 6.46. The summed E-state index contributed by atoms with van der Waals surface area (Å²) in [6, 6.07) is 2.67. The average molecular weight is 201 g/mol. The molecule has 1 rings (SSSR count). The predicted octanol–water partition coefficient (Wildman–Crippen LogP) is 2.91. The van der Waals surface area contributed by atoms with E-state index in [2.05, 4.69) is 4.85 Å². The molecule has 1 aromatic carbocycles. The van der Waals surface area contributed by atoms with Crippen LogP contribution in [0.1, 0.15) is 11.6 Å². The fourth-order valence-electron chi connectivity index (χ4n) is 1.04. The molecular formula is C9H6F3NO. The zero-order valence-corrected chi connectivity index (χ0v) is 6.92. The second-order valence-corrected chi connectivity index (χ2v) is 2.63. The Bertz CT molecular complexity index is 367. The minimum absolute atomic E-state index is 0.407. The zero-order valence-electron chi connectivity index (χ0n) is 6.92. The molecule has 1 atom stereocenters. The molecule has 0 aromatic heterocycles. The number of nitrogens with zero attached hydrogens (tertiary/aromatic N) is 1. The third-order valence-corrected chi connectivity index (χ3v) is 1.67. The molecule has 0 saturated carbocycles. The van der Waals surface area contributed by atoms with Gasteiger partial charge in [-0.05, 0) is 12.1 Å². The largest absolute Gasteiger partial charge is 0.507 e. The molecule has 1 unspecified atom stereocenters. The molecule has 0 fully saturated rings. The smallest absolute Gasteiger partial charge is 0.470 e. The zero-order chi connectivity index (χ0) is 10.8. The summed E-state index contributed by atoms with van der Waals surface area (Å²) in [4.78, 5) is 2.46. The van der Waals surface area contributed by atoms with Crippen LogP contribution in [-0.2, 0) is 0 Å². The van der Waals surface area contributed by atoms with Crippen molar-refractivity contribution in [2.24, 2.45) is 0 Å². The van der Waals surface area contributed by atoms with Gasteiger partial charge in [0.15, 0.2) is 0 Å². The molecule has 0 aliphatic rings. The van der Waals surface area contributed by atoms with E-state index in [4.69, 9.17) is 11.7 Å². The molecule has 0 bridgehead atoms. The van der Waals surface area contributed by atoms with Crippen molar-refractivity contribution in [3.8, 4) is 5.75 Å². The fourth-order valence-corrected chi connectivity index (χ4v) is 1.04. The molecular weight excluding hydrogens is 195 g/mol. The summed E-state index contributed by atoms with van der Waals surface area (Å²) in [5.74, 6) is -0.508. The van der Waals surface area contributed by atoms with Gasteiger partial charge in [0.25, 0.3) is 0 Å². The summed E-state index contributed by atoms with van der Waals surface area (Å²) in [6.45, 7) is 6.44. The lowest BCUT2D eigenvalue weighted by atomic mass is 10.1. The van der Waals surface area contributed by atoms with Gasteiger partial charge in [0.05, 0.1) is 5.56 Å². The van der Waals surface area contributed by atoms with Gasteiger partial charge in [-0.1, -0.05) is 12.1 Å². The summed E-state index contributed by atoms with van der Waals surface area (Å²) in [5, 5.41) is 9.13. The van der Waals surface area contributed by atoms with Gasteiger partial charge in [0, 0.05) is 0 Å². The molecule has 0 spiro atoms. The Balaban J connectivity index is 3.16. The van der Waals surface area contributed by atoms with Crippen molar-refractivity contribution in [1.29, 1.82) is 0 Å². The van der Waals surface area contributed by atoms with Crippen LogP contribution in [0.2, 0.25) is 0 Å². The Morgan fingerprint density at radius 2 is 1.86 bits per heavy atom. The summed E-state index contributed by atoms with van der Waals surface area (Å²) in [5.41, 5.74) is -0.407. The third-order valence-electron chi connectivity index (χ3n) is 1.67. The Hall–Kier alpha value is -1.70. The molecule has 2 nitrogen and oxygen atoms in total. The number of hydrogen-bond donors (Lipinski definition) is 1. The summed E-state index contributed by atoms with van der Waals surface area (Å²) >= 11 is 0. The van der Waals surface area contributed by atoms with Gasteiger partial charge in [0.1, 0.15) is 5.75 Å². The van der Waals surface area contributed by atoms with Crippen LogP contribution >= 0.6 is 0 Å². The van der Waals surface area contributed by atoms with Crippen molar-refractivity contribution in [3.63, 3.8) is 0 Å². The van der Waals surface area contributed by atoms with Crippen LogP contribution in [0.15, 0.2) is 24.3 Å². The Morgan fingerprint density at radius 3 is 2.29 bits per heavy atom. The number of rotatable bonds is 1. The normalized spacial score (nSPS) is 13.3. The second-order valence-electron chi connectivity index (χ2n) is 2.63. The first kappa shape index (κ1) is 10.4. The maximum absolute atomic E-state index is 12.3.